The molecule has 1 fully saturated rings. The van der Waals surface area contributed by atoms with Crippen LogP contribution in [-0.2, 0) is 8.23 Å². The molecule has 0 aromatic heterocycles. The van der Waals surface area contributed by atoms with Crippen molar-refractivity contribution in [2.24, 2.45) is 0 Å². The molecule has 0 aromatic carbocycles. The van der Waals surface area contributed by atoms with Crippen molar-refractivity contribution in [2.75, 3.05) is 19.6 Å². The molecule has 126 valence electrons. The van der Waals surface area contributed by atoms with Gasteiger partial charge in [0.15, 0.2) is 16.6 Å². The Morgan fingerprint density at radius 3 is 1.67 bits per heavy atom. The van der Waals surface area contributed by atoms with Crippen molar-refractivity contribution >= 4 is 25.2 Å². The van der Waals surface area contributed by atoms with E-state index in [2.05, 4.69) is 50.7 Å². The van der Waals surface area contributed by atoms with Gasteiger partial charge >= 0.3 is 8.56 Å². The lowest BCUT2D eigenvalue weighted by Crippen LogP contribution is -2.52. The van der Waals surface area contributed by atoms with E-state index < -0.39 is 25.2 Å². The van der Waals surface area contributed by atoms with Crippen molar-refractivity contribution in [2.45, 2.75) is 77.6 Å². The summed E-state index contributed by atoms with van der Waals surface area (Å²) in [6, 6.07) is 1.15. The highest BCUT2D eigenvalue weighted by Crippen LogP contribution is 2.25. The molecule has 1 saturated heterocycles. The first-order chi connectivity index (χ1) is 9.49. The Balaban J connectivity index is 2.51. The number of hydrogen-bond acceptors (Lipinski definition) is 3. The van der Waals surface area contributed by atoms with Crippen LogP contribution < -0.4 is 0 Å². The maximum atomic E-state index is 6.56. The molecule has 6 heteroatoms. The van der Waals surface area contributed by atoms with Gasteiger partial charge in [0.05, 0.1) is 0 Å². The van der Waals surface area contributed by atoms with Gasteiger partial charge in [-0.3, -0.25) is 0 Å². The standard InChI is InChI=1S/C15H37NO2Si3/c1-19(2,3)17-21(7,18-20(4,5)6)15-11-14-16-12-9-8-10-13-16/h8-15H2,1-7H3. The summed E-state index contributed by atoms with van der Waals surface area (Å²) >= 11 is 0. The van der Waals surface area contributed by atoms with Gasteiger partial charge in [-0.25, -0.2) is 0 Å². The van der Waals surface area contributed by atoms with Gasteiger partial charge in [0.2, 0.25) is 0 Å². The topological polar surface area (TPSA) is 21.7 Å². The van der Waals surface area contributed by atoms with Crippen LogP contribution in [0.5, 0.6) is 0 Å². The molecule has 3 nitrogen and oxygen atoms in total. The average molecular weight is 348 g/mol. The van der Waals surface area contributed by atoms with Crippen LogP contribution in [0.2, 0.25) is 51.9 Å². The molecule has 1 aliphatic heterocycles. The van der Waals surface area contributed by atoms with Gasteiger partial charge in [-0.15, -0.1) is 0 Å². The highest BCUT2D eigenvalue weighted by molar-refractivity contribution is 6.87. The molecule has 21 heavy (non-hydrogen) atoms. The summed E-state index contributed by atoms with van der Waals surface area (Å²) in [5, 5.41) is 0. The molecule has 0 N–H and O–H groups in total. The molecule has 0 atom stereocenters. The maximum Gasteiger partial charge on any atom is 0.314 e. The predicted molar refractivity (Wildman–Crippen MR) is 100 cm³/mol. The molecule has 0 bridgehead atoms. The van der Waals surface area contributed by atoms with E-state index in [0.29, 0.717) is 0 Å². The van der Waals surface area contributed by atoms with Crippen molar-refractivity contribution in [3.63, 3.8) is 0 Å². The lowest BCUT2D eigenvalue weighted by atomic mass is 10.1. The monoisotopic (exact) mass is 347 g/mol. The maximum absolute atomic E-state index is 6.56. The summed E-state index contributed by atoms with van der Waals surface area (Å²) in [4.78, 5) is 2.63. The molecule has 0 unspecified atom stereocenters. The minimum absolute atomic E-state index is 1.15. The van der Waals surface area contributed by atoms with Crippen molar-refractivity contribution in [1.82, 2.24) is 4.90 Å². The zero-order valence-corrected chi connectivity index (χ0v) is 18.4. The second-order valence-corrected chi connectivity index (χ2v) is 21.4. The van der Waals surface area contributed by atoms with Gasteiger partial charge in [0, 0.05) is 0 Å². The fraction of sp³-hybridized carbons (Fsp3) is 1.00. The molecule has 0 spiro atoms. The Morgan fingerprint density at radius 2 is 1.24 bits per heavy atom. The first kappa shape index (κ1) is 19.6. The van der Waals surface area contributed by atoms with Gasteiger partial charge < -0.3 is 13.1 Å². The number of piperidine rings is 1. The van der Waals surface area contributed by atoms with Crippen LogP contribution in [0.3, 0.4) is 0 Å². The van der Waals surface area contributed by atoms with Crippen molar-refractivity contribution in [3.8, 4) is 0 Å². The second-order valence-electron chi connectivity index (χ2n) is 8.57. The van der Waals surface area contributed by atoms with E-state index in [9.17, 15) is 0 Å². The first-order valence-corrected chi connectivity index (χ1v) is 18.0. The van der Waals surface area contributed by atoms with Crippen LogP contribution >= 0.6 is 0 Å². The minimum atomic E-state index is -2.01. The van der Waals surface area contributed by atoms with Gasteiger partial charge in [0.1, 0.15) is 0 Å². The number of likely N-dealkylation sites (tertiary alicyclic amines) is 1. The first-order valence-electron chi connectivity index (χ1n) is 8.62. The number of hydrogen-bond donors (Lipinski definition) is 0. The molecule has 0 aliphatic carbocycles. The second kappa shape index (κ2) is 7.88. The van der Waals surface area contributed by atoms with Gasteiger partial charge in [0.25, 0.3) is 0 Å². The SMILES string of the molecule is C[Si](C)(C)O[Si](C)(CCCN1CCCCC1)O[Si](C)(C)C. The van der Waals surface area contributed by atoms with E-state index in [-0.39, 0.29) is 0 Å². The molecule has 1 heterocycles. The summed E-state index contributed by atoms with van der Waals surface area (Å²) in [5.41, 5.74) is 0. The highest BCUT2D eigenvalue weighted by Gasteiger charge is 2.39. The van der Waals surface area contributed by atoms with Crippen LogP contribution in [0.25, 0.3) is 0 Å². The summed E-state index contributed by atoms with van der Waals surface area (Å²) < 4.78 is 13.1. The zero-order chi connectivity index (χ0) is 16.1. The van der Waals surface area contributed by atoms with Crippen LogP contribution in [0.4, 0.5) is 0 Å². The zero-order valence-electron chi connectivity index (χ0n) is 15.4. The number of nitrogens with zero attached hydrogens (tertiary/aromatic N) is 1. The normalized spacial score (nSPS) is 19.0. The van der Waals surface area contributed by atoms with E-state index in [0.717, 1.165) is 6.04 Å². The Kier molecular flexibility index (Phi) is 7.34. The minimum Gasteiger partial charge on any atom is -0.437 e. The van der Waals surface area contributed by atoms with Crippen molar-refractivity contribution < 1.29 is 8.23 Å². The largest absolute Gasteiger partial charge is 0.437 e. The Bertz CT molecular complexity index is 291. The van der Waals surface area contributed by atoms with E-state index in [1.807, 2.05) is 0 Å². The van der Waals surface area contributed by atoms with Gasteiger partial charge in [-0.2, -0.15) is 0 Å². The smallest absolute Gasteiger partial charge is 0.314 e. The number of rotatable bonds is 8. The fourth-order valence-corrected chi connectivity index (χ4v) is 15.7. The fourth-order valence-electron chi connectivity index (χ4n) is 3.23. The lowest BCUT2D eigenvalue weighted by molar-refractivity contribution is 0.227. The third kappa shape index (κ3) is 9.30. The summed E-state index contributed by atoms with van der Waals surface area (Å²) in [6.45, 7) is 19.9. The van der Waals surface area contributed by atoms with E-state index in [1.165, 1.54) is 45.3 Å². The Labute approximate surface area is 135 Å². The van der Waals surface area contributed by atoms with Crippen LogP contribution in [0.1, 0.15) is 25.7 Å². The van der Waals surface area contributed by atoms with E-state index in [1.54, 1.807) is 0 Å². The Morgan fingerprint density at radius 1 is 0.762 bits per heavy atom. The van der Waals surface area contributed by atoms with Crippen molar-refractivity contribution in [1.29, 1.82) is 0 Å². The van der Waals surface area contributed by atoms with Crippen LogP contribution in [0, 0.1) is 0 Å². The highest BCUT2D eigenvalue weighted by atomic mass is 28.5. The molecule has 0 aromatic rings. The quantitative estimate of drug-likeness (QED) is 0.597. The predicted octanol–water partition coefficient (Wildman–Crippen LogP) is 4.64. The van der Waals surface area contributed by atoms with Gasteiger partial charge in [-0.1, -0.05) is 6.42 Å². The van der Waals surface area contributed by atoms with E-state index >= 15 is 0 Å². The third-order valence-corrected chi connectivity index (χ3v) is 13.2. The van der Waals surface area contributed by atoms with Crippen LogP contribution in [0.15, 0.2) is 0 Å². The van der Waals surface area contributed by atoms with Gasteiger partial charge in [-0.05, 0) is 90.8 Å². The third-order valence-electron chi connectivity index (χ3n) is 3.60. The summed E-state index contributed by atoms with van der Waals surface area (Å²) in [6.07, 6.45) is 5.41. The summed E-state index contributed by atoms with van der Waals surface area (Å²) in [5.74, 6) is 0. The molecule has 0 amide bonds. The molecular formula is C15H37NO2Si3. The van der Waals surface area contributed by atoms with Crippen molar-refractivity contribution in [3.05, 3.63) is 0 Å². The summed E-state index contributed by atoms with van der Waals surface area (Å²) in [7, 11) is -5.08. The molecule has 1 aliphatic rings. The Hall–Kier alpha value is 0.531. The molecule has 0 radical (unpaired) electrons. The average Bonchev–Trinajstić information content (AvgIpc) is 2.24. The van der Waals surface area contributed by atoms with E-state index in [4.69, 9.17) is 8.23 Å². The molecule has 1 rings (SSSR count). The molecular weight excluding hydrogens is 310 g/mol. The molecule has 0 saturated carbocycles. The van der Waals surface area contributed by atoms with Crippen LogP contribution in [-0.4, -0.2) is 49.7 Å². The lowest BCUT2D eigenvalue weighted by Gasteiger charge is -2.39.